The molecule has 1 aliphatic rings. The third-order valence-electron chi connectivity index (χ3n) is 4.16. The van der Waals surface area contributed by atoms with Crippen LogP contribution in [0, 0.1) is 5.82 Å². The Morgan fingerprint density at radius 2 is 1.96 bits per heavy atom. The number of rotatable bonds is 4. The third kappa shape index (κ3) is 4.69. The van der Waals surface area contributed by atoms with Gasteiger partial charge in [-0.2, -0.15) is 0 Å². The van der Waals surface area contributed by atoms with E-state index in [1.54, 1.807) is 18.5 Å². The van der Waals surface area contributed by atoms with Crippen molar-refractivity contribution in [3.8, 4) is 0 Å². The summed E-state index contributed by atoms with van der Waals surface area (Å²) in [6.07, 6.45) is 3.52. The molecule has 1 aromatic carbocycles. The van der Waals surface area contributed by atoms with E-state index in [0.717, 1.165) is 54.7 Å². The first-order chi connectivity index (χ1) is 12.7. The number of benzene rings is 1. The number of nitrogens with zero attached hydrogens (tertiary/aromatic N) is 5. The molecule has 0 bridgehead atoms. The Morgan fingerprint density at radius 3 is 2.65 bits per heavy atom. The van der Waals surface area contributed by atoms with Crippen LogP contribution < -0.4 is 10.2 Å². The number of aromatic nitrogens is 2. The maximum atomic E-state index is 13.5. The highest BCUT2D eigenvalue weighted by Gasteiger charge is 2.21. The van der Waals surface area contributed by atoms with Crippen LogP contribution in [0.5, 0.6) is 0 Å². The molecule has 1 aromatic heterocycles. The minimum Gasteiger partial charge on any atom is -0.357 e. The summed E-state index contributed by atoms with van der Waals surface area (Å²) in [5.74, 6) is 1.36. The molecule has 2 aromatic rings. The standard InChI is InChI=1S/C18H22BrFN6/c1-2-21-17(24-13-14-12-15(20)4-5-16(14)19)25-8-10-26(11-9-25)18-22-6-3-7-23-18/h3-7,12H,2,8-11,13H2,1H3,(H,21,24). The summed E-state index contributed by atoms with van der Waals surface area (Å²) in [7, 11) is 0. The fraction of sp³-hybridized carbons (Fsp3) is 0.389. The second-order valence-corrected chi connectivity index (χ2v) is 6.78. The van der Waals surface area contributed by atoms with Crippen molar-refractivity contribution in [3.63, 3.8) is 0 Å². The van der Waals surface area contributed by atoms with Gasteiger partial charge in [0.1, 0.15) is 5.82 Å². The van der Waals surface area contributed by atoms with Crippen LogP contribution in [0.4, 0.5) is 10.3 Å². The van der Waals surface area contributed by atoms with Crippen LogP contribution in [0.2, 0.25) is 0 Å². The second-order valence-electron chi connectivity index (χ2n) is 5.93. The molecule has 0 aliphatic carbocycles. The molecule has 3 rings (SSSR count). The van der Waals surface area contributed by atoms with E-state index in [0.29, 0.717) is 6.54 Å². The highest BCUT2D eigenvalue weighted by Crippen LogP contribution is 2.19. The van der Waals surface area contributed by atoms with Crippen molar-refractivity contribution in [1.82, 2.24) is 20.2 Å². The lowest BCUT2D eigenvalue weighted by Crippen LogP contribution is -2.53. The van der Waals surface area contributed by atoms with Crippen LogP contribution in [0.3, 0.4) is 0 Å². The first kappa shape index (κ1) is 18.6. The molecular weight excluding hydrogens is 399 g/mol. The molecule has 1 saturated heterocycles. The number of guanidine groups is 1. The van der Waals surface area contributed by atoms with E-state index in [1.165, 1.54) is 12.1 Å². The van der Waals surface area contributed by atoms with Crippen molar-refractivity contribution in [1.29, 1.82) is 0 Å². The van der Waals surface area contributed by atoms with Crippen molar-refractivity contribution in [2.45, 2.75) is 13.5 Å². The van der Waals surface area contributed by atoms with E-state index in [9.17, 15) is 4.39 Å². The van der Waals surface area contributed by atoms with Crippen LogP contribution in [-0.2, 0) is 6.54 Å². The minimum absolute atomic E-state index is 0.250. The zero-order valence-corrected chi connectivity index (χ0v) is 16.3. The molecule has 1 N–H and O–H groups in total. The van der Waals surface area contributed by atoms with Crippen molar-refractivity contribution >= 4 is 27.8 Å². The average Bonchev–Trinajstić information content (AvgIpc) is 2.68. The average molecular weight is 421 g/mol. The van der Waals surface area contributed by atoms with Crippen LogP contribution >= 0.6 is 15.9 Å². The Kier molecular flexibility index (Phi) is 6.38. The first-order valence-electron chi connectivity index (χ1n) is 8.66. The molecule has 0 amide bonds. The molecular formula is C18H22BrFN6. The Bertz CT molecular complexity index is 747. The second kappa shape index (κ2) is 8.93. The van der Waals surface area contributed by atoms with Crippen LogP contribution in [0.25, 0.3) is 0 Å². The lowest BCUT2D eigenvalue weighted by molar-refractivity contribution is 0.370. The molecule has 2 heterocycles. The summed E-state index contributed by atoms with van der Waals surface area (Å²) in [5, 5.41) is 3.33. The fourth-order valence-electron chi connectivity index (χ4n) is 2.82. The number of nitrogens with one attached hydrogen (secondary N) is 1. The molecule has 0 spiro atoms. The number of piperazine rings is 1. The lowest BCUT2D eigenvalue weighted by Gasteiger charge is -2.36. The number of halogens is 2. The summed E-state index contributed by atoms with van der Waals surface area (Å²) in [6, 6.07) is 6.49. The van der Waals surface area contributed by atoms with Gasteiger partial charge in [0, 0.05) is 49.6 Å². The summed E-state index contributed by atoms with van der Waals surface area (Å²) < 4.78 is 14.3. The highest BCUT2D eigenvalue weighted by molar-refractivity contribution is 9.10. The van der Waals surface area contributed by atoms with Gasteiger partial charge in [-0.1, -0.05) is 15.9 Å². The largest absolute Gasteiger partial charge is 0.357 e. The SMILES string of the molecule is CCNC(=NCc1cc(F)ccc1Br)N1CCN(c2ncccn2)CC1. The summed E-state index contributed by atoms with van der Waals surface area (Å²) >= 11 is 3.46. The van der Waals surface area contributed by atoms with Gasteiger partial charge in [-0.25, -0.2) is 19.4 Å². The molecule has 26 heavy (non-hydrogen) atoms. The van der Waals surface area contributed by atoms with Gasteiger partial charge < -0.3 is 15.1 Å². The smallest absolute Gasteiger partial charge is 0.225 e. The Hall–Kier alpha value is -2.22. The van der Waals surface area contributed by atoms with Gasteiger partial charge in [-0.3, -0.25) is 0 Å². The molecule has 0 saturated carbocycles. The summed E-state index contributed by atoms with van der Waals surface area (Å²) in [5.41, 5.74) is 0.830. The monoisotopic (exact) mass is 420 g/mol. The zero-order valence-electron chi connectivity index (χ0n) is 14.7. The maximum absolute atomic E-state index is 13.5. The van der Waals surface area contributed by atoms with Gasteiger partial charge in [0.25, 0.3) is 0 Å². The predicted octanol–water partition coefficient (Wildman–Crippen LogP) is 2.67. The Labute approximate surface area is 161 Å². The van der Waals surface area contributed by atoms with E-state index < -0.39 is 0 Å². The molecule has 6 nitrogen and oxygen atoms in total. The molecule has 1 fully saturated rings. The van der Waals surface area contributed by atoms with Crippen molar-refractivity contribution in [2.75, 3.05) is 37.6 Å². The predicted molar refractivity (Wildman–Crippen MR) is 105 cm³/mol. The number of hydrogen-bond acceptors (Lipinski definition) is 4. The molecule has 0 radical (unpaired) electrons. The van der Waals surface area contributed by atoms with Crippen molar-refractivity contribution in [2.24, 2.45) is 4.99 Å². The topological polar surface area (TPSA) is 56.7 Å². The maximum Gasteiger partial charge on any atom is 0.225 e. The lowest BCUT2D eigenvalue weighted by atomic mass is 10.2. The normalized spacial score (nSPS) is 15.3. The molecule has 0 atom stereocenters. The van der Waals surface area contributed by atoms with E-state index in [4.69, 9.17) is 4.99 Å². The zero-order chi connectivity index (χ0) is 18.4. The van der Waals surface area contributed by atoms with Crippen LogP contribution in [-0.4, -0.2) is 53.6 Å². The van der Waals surface area contributed by atoms with Gasteiger partial charge in [0.15, 0.2) is 5.96 Å². The van der Waals surface area contributed by atoms with Gasteiger partial charge in [-0.05, 0) is 36.8 Å². The fourth-order valence-corrected chi connectivity index (χ4v) is 3.20. The van der Waals surface area contributed by atoms with E-state index in [2.05, 4.69) is 41.0 Å². The summed E-state index contributed by atoms with van der Waals surface area (Å²) in [6.45, 7) is 6.56. The van der Waals surface area contributed by atoms with Crippen molar-refractivity contribution in [3.05, 3.63) is 52.5 Å². The summed E-state index contributed by atoms with van der Waals surface area (Å²) in [4.78, 5) is 17.7. The van der Waals surface area contributed by atoms with E-state index >= 15 is 0 Å². The van der Waals surface area contributed by atoms with Gasteiger partial charge in [0.2, 0.25) is 5.95 Å². The van der Waals surface area contributed by atoms with Crippen LogP contribution in [0.1, 0.15) is 12.5 Å². The highest BCUT2D eigenvalue weighted by atomic mass is 79.9. The van der Waals surface area contributed by atoms with E-state index in [1.807, 2.05) is 13.0 Å². The van der Waals surface area contributed by atoms with Gasteiger partial charge in [-0.15, -0.1) is 0 Å². The molecule has 138 valence electrons. The molecule has 8 heteroatoms. The van der Waals surface area contributed by atoms with Gasteiger partial charge >= 0.3 is 0 Å². The number of hydrogen-bond donors (Lipinski definition) is 1. The van der Waals surface area contributed by atoms with Gasteiger partial charge in [0.05, 0.1) is 6.54 Å². The third-order valence-corrected chi connectivity index (χ3v) is 4.93. The Morgan fingerprint density at radius 1 is 1.23 bits per heavy atom. The van der Waals surface area contributed by atoms with Crippen molar-refractivity contribution < 1.29 is 4.39 Å². The minimum atomic E-state index is -0.250. The molecule has 0 unspecified atom stereocenters. The first-order valence-corrected chi connectivity index (χ1v) is 9.46. The van der Waals surface area contributed by atoms with E-state index in [-0.39, 0.29) is 5.82 Å². The van der Waals surface area contributed by atoms with Crippen LogP contribution in [0.15, 0.2) is 46.1 Å². The number of anilines is 1. The number of aliphatic imine (C=N–C) groups is 1. The quantitative estimate of drug-likeness (QED) is 0.608. The molecule has 1 aliphatic heterocycles. The Balaban J connectivity index is 1.66.